The van der Waals surface area contributed by atoms with Gasteiger partial charge in [0, 0.05) is 5.69 Å². The van der Waals surface area contributed by atoms with Crippen LogP contribution in [0.2, 0.25) is 0 Å². The van der Waals surface area contributed by atoms with Crippen molar-refractivity contribution in [2.75, 3.05) is 12.0 Å². The van der Waals surface area contributed by atoms with Gasteiger partial charge in [0.1, 0.15) is 0 Å². The maximum atomic E-state index is 13.1. The van der Waals surface area contributed by atoms with Crippen LogP contribution in [0.3, 0.4) is 0 Å². The number of nitrogens with zero attached hydrogens (tertiary/aromatic N) is 1. The van der Waals surface area contributed by atoms with Gasteiger partial charge < -0.3 is 9.64 Å². The van der Waals surface area contributed by atoms with Crippen molar-refractivity contribution >= 4 is 17.6 Å². The van der Waals surface area contributed by atoms with E-state index in [4.69, 9.17) is 4.74 Å². The lowest BCUT2D eigenvalue weighted by molar-refractivity contribution is -0.148. The Labute approximate surface area is 142 Å². The molecular weight excluding hydrogens is 302 g/mol. The molecule has 0 N–H and O–H groups in total. The molecule has 1 saturated heterocycles. The Morgan fingerprint density at radius 1 is 1.04 bits per heavy atom. The molecule has 2 aromatic carbocycles. The van der Waals surface area contributed by atoms with Gasteiger partial charge in [-0.1, -0.05) is 55.5 Å². The minimum absolute atomic E-state index is 0.0204. The second-order valence-corrected chi connectivity index (χ2v) is 5.96. The molecular formula is C20H21NO3. The van der Waals surface area contributed by atoms with Gasteiger partial charge >= 0.3 is 5.97 Å². The number of rotatable bonds is 4. The van der Waals surface area contributed by atoms with Crippen molar-refractivity contribution in [1.29, 1.82) is 0 Å². The quantitative estimate of drug-likeness (QED) is 0.808. The van der Waals surface area contributed by atoms with E-state index in [9.17, 15) is 9.59 Å². The van der Waals surface area contributed by atoms with Crippen LogP contribution < -0.4 is 4.90 Å². The zero-order chi connectivity index (χ0) is 17.1. The molecule has 3 atom stereocenters. The zero-order valence-electron chi connectivity index (χ0n) is 13.9. The van der Waals surface area contributed by atoms with Crippen molar-refractivity contribution in [2.45, 2.75) is 19.4 Å². The topological polar surface area (TPSA) is 46.6 Å². The third-order valence-corrected chi connectivity index (χ3v) is 4.70. The first-order chi connectivity index (χ1) is 11.7. The Balaban J connectivity index is 2.15. The van der Waals surface area contributed by atoms with Gasteiger partial charge in [-0.25, -0.2) is 0 Å². The highest BCUT2D eigenvalue weighted by atomic mass is 16.5. The molecule has 124 valence electrons. The number of carbonyl (C=O) groups excluding carboxylic acids is 2. The summed E-state index contributed by atoms with van der Waals surface area (Å²) in [7, 11) is 1.38. The van der Waals surface area contributed by atoms with Crippen molar-refractivity contribution in [3.63, 3.8) is 0 Å². The van der Waals surface area contributed by atoms with Crippen LogP contribution in [-0.4, -0.2) is 19.0 Å². The smallest absolute Gasteiger partial charge is 0.311 e. The molecule has 1 amide bonds. The van der Waals surface area contributed by atoms with E-state index in [-0.39, 0.29) is 23.8 Å². The fourth-order valence-electron chi connectivity index (χ4n) is 3.59. The first-order valence-corrected chi connectivity index (χ1v) is 8.20. The zero-order valence-corrected chi connectivity index (χ0v) is 13.9. The fraction of sp³-hybridized carbons (Fsp3) is 0.300. The Hall–Kier alpha value is -2.62. The summed E-state index contributed by atoms with van der Waals surface area (Å²) in [4.78, 5) is 27.3. The second-order valence-electron chi connectivity index (χ2n) is 5.96. The Kier molecular flexibility index (Phi) is 4.65. The number of esters is 1. The van der Waals surface area contributed by atoms with E-state index in [0.717, 1.165) is 11.3 Å². The summed E-state index contributed by atoms with van der Waals surface area (Å²) in [6.45, 7) is 1.94. The molecule has 0 saturated carbocycles. The number of anilines is 1. The number of amides is 1. The number of ether oxygens (including phenoxy) is 1. The van der Waals surface area contributed by atoms with Gasteiger partial charge in [0.25, 0.3) is 0 Å². The molecule has 2 aromatic rings. The molecule has 0 aromatic heterocycles. The highest BCUT2D eigenvalue weighted by Gasteiger charge is 2.52. The van der Waals surface area contributed by atoms with Gasteiger partial charge in [0.15, 0.2) is 0 Å². The first-order valence-electron chi connectivity index (χ1n) is 8.20. The number of benzene rings is 2. The molecule has 1 fully saturated rings. The third-order valence-electron chi connectivity index (χ3n) is 4.70. The predicted molar refractivity (Wildman–Crippen MR) is 92.4 cm³/mol. The lowest BCUT2D eigenvalue weighted by Gasteiger charge is -2.28. The van der Waals surface area contributed by atoms with Gasteiger partial charge in [0.05, 0.1) is 25.0 Å². The van der Waals surface area contributed by atoms with E-state index >= 15 is 0 Å². The molecule has 4 nitrogen and oxygen atoms in total. The number of hydrogen-bond donors (Lipinski definition) is 0. The minimum Gasteiger partial charge on any atom is -0.469 e. The monoisotopic (exact) mass is 323 g/mol. The second kappa shape index (κ2) is 6.87. The molecule has 1 aliphatic heterocycles. The number of methoxy groups -OCH3 is 1. The fourth-order valence-corrected chi connectivity index (χ4v) is 3.59. The molecule has 24 heavy (non-hydrogen) atoms. The van der Waals surface area contributed by atoms with Crippen molar-refractivity contribution in [3.05, 3.63) is 66.2 Å². The van der Waals surface area contributed by atoms with E-state index in [1.54, 1.807) is 4.90 Å². The van der Waals surface area contributed by atoms with Crippen molar-refractivity contribution in [3.8, 4) is 0 Å². The van der Waals surface area contributed by atoms with Crippen LogP contribution >= 0.6 is 0 Å². The van der Waals surface area contributed by atoms with Crippen LogP contribution in [0.1, 0.15) is 24.9 Å². The number of hydrogen-bond acceptors (Lipinski definition) is 3. The van der Waals surface area contributed by atoms with E-state index in [2.05, 4.69) is 0 Å². The normalized spacial score (nSPS) is 23.3. The Bertz CT molecular complexity index is 714. The molecule has 1 aliphatic rings. The van der Waals surface area contributed by atoms with E-state index in [0.29, 0.717) is 6.42 Å². The summed E-state index contributed by atoms with van der Waals surface area (Å²) >= 11 is 0. The largest absolute Gasteiger partial charge is 0.469 e. The predicted octanol–water partition coefficient (Wildman–Crippen LogP) is 3.59. The summed E-state index contributed by atoms with van der Waals surface area (Å²) in [6, 6.07) is 18.9. The van der Waals surface area contributed by atoms with Crippen LogP contribution in [0, 0.1) is 11.8 Å². The lowest BCUT2D eigenvalue weighted by atomic mass is 9.85. The van der Waals surface area contributed by atoms with Crippen molar-refractivity contribution < 1.29 is 14.3 Å². The minimum atomic E-state index is -0.505. The molecule has 0 spiro atoms. The average molecular weight is 323 g/mol. The molecule has 3 rings (SSSR count). The van der Waals surface area contributed by atoms with Crippen LogP contribution in [-0.2, 0) is 14.3 Å². The highest BCUT2D eigenvalue weighted by molar-refractivity contribution is 6.02. The van der Waals surface area contributed by atoms with Gasteiger partial charge in [-0.05, 0) is 24.1 Å². The van der Waals surface area contributed by atoms with E-state index in [1.807, 2.05) is 67.6 Å². The molecule has 0 aliphatic carbocycles. The summed E-state index contributed by atoms with van der Waals surface area (Å²) in [6.07, 6.45) is 0.602. The van der Waals surface area contributed by atoms with Gasteiger partial charge in [-0.15, -0.1) is 0 Å². The van der Waals surface area contributed by atoms with Gasteiger partial charge in [-0.3, -0.25) is 9.59 Å². The summed E-state index contributed by atoms with van der Waals surface area (Å²) in [5.41, 5.74) is 1.75. The SMILES string of the molecule is CC[C@H]1C(=O)N(c2ccccc2)[C@@H](c2ccccc2)[C@@H]1C(=O)OC. The van der Waals surface area contributed by atoms with Crippen LogP contribution in [0.5, 0.6) is 0 Å². The maximum Gasteiger partial charge on any atom is 0.311 e. The lowest BCUT2D eigenvalue weighted by Crippen LogP contribution is -2.30. The average Bonchev–Trinajstić information content (AvgIpc) is 2.94. The van der Waals surface area contributed by atoms with Gasteiger partial charge in [0.2, 0.25) is 5.91 Å². The van der Waals surface area contributed by atoms with E-state index in [1.165, 1.54) is 7.11 Å². The van der Waals surface area contributed by atoms with E-state index < -0.39 is 5.92 Å². The van der Waals surface area contributed by atoms with Crippen LogP contribution in [0.4, 0.5) is 5.69 Å². The Morgan fingerprint density at radius 3 is 2.17 bits per heavy atom. The number of para-hydroxylation sites is 1. The molecule has 0 bridgehead atoms. The number of carbonyl (C=O) groups is 2. The standard InChI is InChI=1S/C20H21NO3/c1-3-16-17(20(23)24-2)18(14-10-6-4-7-11-14)21(19(16)22)15-12-8-5-9-13-15/h4-13,16-18H,3H2,1-2H3/t16-,17-,18+/m1/s1. The highest BCUT2D eigenvalue weighted by Crippen LogP contribution is 2.45. The molecule has 0 radical (unpaired) electrons. The van der Waals surface area contributed by atoms with Crippen LogP contribution in [0.15, 0.2) is 60.7 Å². The summed E-state index contributed by atoms with van der Waals surface area (Å²) < 4.78 is 5.03. The van der Waals surface area contributed by atoms with Gasteiger partial charge in [-0.2, -0.15) is 0 Å². The Morgan fingerprint density at radius 2 is 1.62 bits per heavy atom. The first kappa shape index (κ1) is 16.2. The van der Waals surface area contributed by atoms with Crippen molar-refractivity contribution in [1.82, 2.24) is 0 Å². The summed E-state index contributed by atoms with van der Waals surface area (Å²) in [5.74, 6) is -1.23. The molecule has 0 unspecified atom stereocenters. The van der Waals surface area contributed by atoms with Crippen LogP contribution in [0.25, 0.3) is 0 Å². The van der Waals surface area contributed by atoms with Crippen molar-refractivity contribution in [2.24, 2.45) is 11.8 Å². The maximum absolute atomic E-state index is 13.1. The summed E-state index contributed by atoms with van der Waals surface area (Å²) in [5, 5.41) is 0. The molecule has 1 heterocycles. The third kappa shape index (κ3) is 2.68. The molecule has 4 heteroatoms.